The number of nitrogens with one attached hydrogen (secondary N) is 1. The molecule has 2 amide bonds. The zero-order valence-electron chi connectivity index (χ0n) is 10.0. The van der Waals surface area contributed by atoms with Gasteiger partial charge < -0.3 is 20.9 Å². The van der Waals surface area contributed by atoms with Crippen LogP contribution in [0.3, 0.4) is 0 Å². The van der Waals surface area contributed by atoms with E-state index in [0.29, 0.717) is 0 Å². The maximum absolute atomic E-state index is 11.4. The molecule has 0 aliphatic heterocycles. The number of benzene rings is 1. The van der Waals surface area contributed by atoms with Crippen molar-refractivity contribution in [3.05, 3.63) is 35.9 Å². The van der Waals surface area contributed by atoms with Crippen molar-refractivity contribution in [2.45, 2.75) is 19.1 Å². The van der Waals surface area contributed by atoms with E-state index in [1.54, 1.807) is 24.3 Å². The number of nitrogens with two attached hydrogens (primary N) is 1. The number of hydrogen-bond donors (Lipinski definition) is 3. The number of aliphatic carboxylic acids is 1. The van der Waals surface area contributed by atoms with Crippen LogP contribution in [0.5, 0.6) is 0 Å². The second-order valence-corrected chi connectivity index (χ2v) is 3.76. The minimum Gasteiger partial charge on any atom is -0.481 e. The van der Waals surface area contributed by atoms with Crippen LogP contribution < -0.4 is 11.1 Å². The van der Waals surface area contributed by atoms with Crippen molar-refractivity contribution in [1.82, 2.24) is 5.32 Å². The lowest BCUT2D eigenvalue weighted by Gasteiger charge is -2.13. The van der Waals surface area contributed by atoms with Crippen LogP contribution in [0.25, 0.3) is 0 Å². The summed E-state index contributed by atoms with van der Waals surface area (Å²) < 4.78 is 4.84. The number of carbonyl (C=O) groups is 3. The first-order chi connectivity index (χ1) is 8.99. The predicted octanol–water partition coefficient (Wildman–Crippen LogP) is 0.241. The molecule has 0 unspecified atom stereocenters. The van der Waals surface area contributed by atoms with Crippen LogP contribution in [0, 0.1) is 0 Å². The van der Waals surface area contributed by atoms with Crippen LogP contribution in [0.15, 0.2) is 30.3 Å². The SMILES string of the molecule is NC(=O)[C@@H](CC(=O)O)NC(=O)OCc1ccccc1. The monoisotopic (exact) mass is 266 g/mol. The first kappa shape index (κ1) is 14.5. The molecule has 1 aromatic carbocycles. The highest BCUT2D eigenvalue weighted by atomic mass is 16.5. The molecule has 0 saturated heterocycles. The highest BCUT2D eigenvalue weighted by molar-refractivity contribution is 5.88. The van der Waals surface area contributed by atoms with Crippen molar-refractivity contribution in [1.29, 1.82) is 0 Å². The number of rotatable bonds is 6. The lowest BCUT2D eigenvalue weighted by molar-refractivity contribution is -0.139. The second-order valence-electron chi connectivity index (χ2n) is 3.76. The number of ether oxygens (including phenoxy) is 1. The highest BCUT2D eigenvalue weighted by Crippen LogP contribution is 2.01. The van der Waals surface area contributed by atoms with Crippen molar-refractivity contribution in [2.24, 2.45) is 5.73 Å². The Bertz CT molecular complexity index is 460. The molecule has 1 aromatic rings. The van der Waals surface area contributed by atoms with Crippen LogP contribution in [0.1, 0.15) is 12.0 Å². The van der Waals surface area contributed by atoms with Crippen LogP contribution in [0.2, 0.25) is 0 Å². The average Bonchev–Trinajstić information content (AvgIpc) is 2.36. The van der Waals surface area contributed by atoms with Crippen LogP contribution in [0.4, 0.5) is 4.79 Å². The Balaban J connectivity index is 2.45. The van der Waals surface area contributed by atoms with Crippen LogP contribution in [-0.2, 0) is 20.9 Å². The fourth-order valence-electron chi connectivity index (χ4n) is 1.30. The first-order valence-electron chi connectivity index (χ1n) is 5.47. The number of primary amides is 1. The molecule has 19 heavy (non-hydrogen) atoms. The number of amides is 2. The average molecular weight is 266 g/mol. The van der Waals surface area contributed by atoms with Gasteiger partial charge in [0.2, 0.25) is 5.91 Å². The molecular formula is C12H14N2O5. The summed E-state index contributed by atoms with van der Waals surface area (Å²) in [5, 5.41) is 10.7. The molecule has 7 heteroatoms. The van der Waals surface area contributed by atoms with Crippen molar-refractivity contribution in [3.8, 4) is 0 Å². The number of carboxylic acids is 1. The molecule has 0 aliphatic rings. The zero-order chi connectivity index (χ0) is 14.3. The quantitative estimate of drug-likeness (QED) is 0.681. The third-order valence-electron chi connectivity index (χ3n) is 2.23. The molecule has 7 nitrogen and oxygen atoms in total. The molecule has 0 bridgehead atoms. The van der Waals surface area contributed by atoms with E-state index >= 15 is 0 Å². The van der Waals surface area contributed by atoms with Gasteiger partial charge >= 0.3 is 12.1 Å². The number of carboxylic acid groups (broad SMARTS) is 1. The summed E-state index contributed by atoms with van der Waals surface area (Å²) in [6.45, 7) is 0.0191. The standard InChI is InChI=1S/C12H14N2O5/c13-11(17)9(6-10(15)16)14-12(18)19-7-8-4-2-1-3-5-8/h1-5,9H,6-7H2,(H2,13,17)(H,14,18)(H,15,16)/t9-/m1/s1. The minimum absolute atomic E-state index is 0.0191. The van der Waals surface area contributed by atoms with E-state index in [2.05, 4.69) is 5.32 Å². The molecular weight excluding hydrogens is 252 g/mol. The summed E-state index contributed by atoms with van der Waals surface area (Å²) in [6.07, 6.45) is -1.48. The maximum atomic E-state index is 11.4. The molecule has 0 aliphatic carbocycles. The summed E-state index contributed by atoms with van der Waals surface area (Å²) in [4.78, 5) is 32.8. The third kappa shape index (κ3) is 5.53. The summed E-state index contributed by atoms with van der Waals surface area (Å²) in [5.41, 5.74) is 5.74. The van der Waals surface area contributed by atoms with Gasteiger partial charge in [-0.2, -0.15) is 0 Å². The van der Waals surface area contributed by atoms with Gasteiger partial charge in [0, 0.05) is 0 Å². The Morgan fingerprint density at radius 1 is 1.26 bits per heavy atom. The van der Waals surface area contributed by atoms with Crippen LogP contribution in [-0.4, -0.2) is 29.1 Å². The molecule has 0 heterocycles. The van der Waals surface area contributed by atoms with Gasteiger partial charge in [0.15, 0.2) is 0 Å². The minimum atomic E-state index is -1.29. The predicted molar refractivity (Wildman–Crippen MR) is 65.0 cm³/mol. The lowest BCUT2D eigenvalue weighted by atomic mass is 10.2. The lowest BCUT2D eigenvalue weighted by Crippen LogP contribution is -2.45. The topological polar surface area (TPSA) is 119 Å². The molecule has 4 N–H and O–H groups in total. The molecule has 0 fully saturated rings. The van der Waals surface area contributed by atoms with Crippen molar-refractivity contribution < 1.29 is 24.2 Å². The van der Waals surface area contributed by atoms with Gasteiger partial charge in [0.25, 0.3) is 0 Å². The Hall–Kier alpha value is -2.57. The summed E-state index contributed by atoms with van der Waals surface area (Å²) in [6, 6.07) is 7.62. The van der Waals surface area contributed by atoms with E-state index in [9.17, 15) is 14.4 Å². The summed E-state index contributed by atoms with van der Waals surface area (Å²) in [7, 11) is 0. The summed E-state index contributed by atoms with van der Waals surface area (Å²) >= 11 is 0. The third-order valence-corrected chi connectivity index (χ3v) is 2.23. The number of alkyl carbamates (subject to hydrolysis) is 1. The maximum Gasteiger partial charge on any atom is 0.408 e. The van der Waals surface area contributed by atoms with E-state index in [-0.39, 0.29) is 6.61 Å². The Morgan fingerprint density at radius 3 is 2.42 bits per heavy atom. The van der Waals surface area contributed by atoms with Gasteiger partial charge in [0.1, 0.15) is 12.6 Å². The summed E-state index contributed by atoms with van der Waals surface area (Å²) in [5.74, 6) is -2.17. The molecule has 1 rings (SSSR count). The largest absolute Gasteiger partial charge is 0.481 e. The van der Waals surface area contributed by atoms with Crippen molar-refractivity contribution >= 4 is 18.0 Å². The van der Waals surface area contributed by atoms with Gasteiger partial charge in [-0.05, 0) is 5.56 Å². The van der Waals surface area contributed by atoms with E-state index in [1.807, 2.05) is 6.07 Å². The van der Waals surface area contributed by atoms with Gasteiger partial charge in [0.05, 0.1) is 6.42 Å². The second kappa shape index (κ2) is 7.00. The zero-order valence-corrected chi connectivity index (χ0v) is 10.0. The normalized spacial score (nSPS) is 11.4. The molecule has 0 saturated carbocycles. The fraction of sp³-hybridized carbons (Fsp3) is 0.250. The first-order valence-corrected chi connectivity index (χ1v) is 5.47. The van der Waals surface area contributed by atoms with Gasteiger partial charge in [-0.25, -0.2) is 4.79 Å². The van der Waals surface area contributed by atoms with E-state index in [1.165, 1.54) is 0 Å². The van der Waals surface area contributed by atoms with E-state index in [4.69, 9.17) is 15.6 Å². The van der Waals surface area contributed by atoms with Crippen LogP contribution >= 0.6 is 0 Å². The molecule has 0 radical (unpaired) electrons. The highest BCUT2D eigenvalue weighted by Gasteiger charge is 2.21. The number of carbonyl (C=O) groups excluding carboxylic acids is 2. The molecule has 0 aromatic heterocycles. The molecule has 0 spiro atoms. The van der Waals surface area contributed by atoms with E-state index in [0.717, 1.165) is 5.56 Å². The smallest absolute Gasteiger partial charge is 0.408 e. The molecule has 1 atom stereocenters. The van der Waals surface area contributed by atoms with Crippen molar-refractivity contribution in [2.75, 3.05) is 0 Å². The van der Waals surface area contributed by atoms with Gasteiger partial charge in [-0.1, -0.05) is 30.3 Å². The molecule has 102 valence electrons. The van der Waals surface area contributed by atoms with Crippen molar-refractivity contribution in [3.63, 3.8) is 0 Å². The van der Waals surface area contributed by atoms with Gasteiger partial charge in [-0.3, -0.25) is 9.59 Å². The fourth-order valence-corrected chi connectivity index (χ4v) is 1.30. The van der Waals surface area contributed by atoms with Gasteiger partial charge in [-0.15, -0.1) is 0 Å². The number of hydrogen-bond acceptors (Lipinski definition) is 4. The Kier molecular flexibility index (Phi) is 5.34. The Labute approximate surface area is 109 Å². The Morgan fingerprint density at radius 2 is 1.89 bits per heavy atom. The van der Waals surface area contributed by atoms with E-state index < -0.39 is 30.4 Å².